The number of unbranched alkanes of at least 4 members (excludes halogenated alkanes) is 2. The summed E-state index contributed by atoms with van der Waals surface area (Å²) in [4.78, 5) is 29.1. The Morgan fingerprint density at radius 3 is 1.29 bits per heavy atom. The Labute approximate surface area is 253 Å². The topological polar surface area (TPSA) is 59.1 Å². The highest BCUT2D eigenvalue weighted by molar-refractivity contribution is 5.69. The van der Waals surface area contributed by atoms with Crippen molar-refractivity contribution in [1.82, 2.24) is 9.80 Å². The molecule has 6 nitrogen and oxygen atoms in total. The van der Waals surface area contributed by atoms with Crippen LogP contribution in [0.5, 0.6) is 0 Å². The standard InChI is InChI=1S/C35H66N2O4/c1-34(2,3)20-7-9-28-40-32(38)18-26-36-22-14-30(15-23-36)12-11-13-31-16-24-37(25-17-31)27-19-33(39)41-29-10-8-21-35(4,5)6/h30-31H,7-29H2,1-6H3. The van der Waals surface area contributed by atoms with Crippen LogP contribution in [0.2, 0.25) is 0 Å². The highest BCUT2D eigenvalue weighted by Crippen LogP contribution is 2.28. The zero-order valence-corrected chi connectivity index (χ0v) is 27.9. The van der Waals surface area contributed by atoms with Gasteiger partial charge in [-0.1, -0.05) is 60.8 Å². The number of carbonyl (C=O) groups excluding carboxylic acids is 2. The van der Waals surface area contributed by atoms with Crippen molar-refractivity contribution in [3.63, 3.8) is 0 Å². The van der Waals surface area contributed by atoms with E-state index in [9.17, 15) is 9.59 Å². The minimum Gasteiger partial charge on any atom is -0.466 e. The number of hydrogen-bond acceptors (Lipinski definition) is 6. The molecule has 0 aromatic heterocycles. The number of likely N-dealkylation sites (tertiary alicyclic amines) is 2. The van der Waals surface area contributed by atoms with E-state index in [4.69, 9.17) is 9.47 Å². The SMILES string of the molecule is CC(C)(C)CCCCOC(=O)CCN1CCC(CCCC2CCN(CCC(=O)OCCCCC(C)(C)C)CC2)CC1. The van der Waals surface area contributed by atoms with Gasteiger partial charge < -0.3 is 19.3 Å². The Morgan fingerprint density at radius 1 is 0.585 bits per heavy atom. The van der Waals surface area contributed by atoms with Crippen molar-refractivity contribution >= 4 is 11.9 Å². The van der Waals surface area contributed by atoms with E-state index >= 15 is 0 Å². The second-order valence-electron chi connectivity index (χ2n) is 15.5. The van der Waals surface area contributed by atoms with Gasteiger partial charge >= 0.3 is 11.9 Å². The van der Waals surface area contributed by atoms with Crippen molar-refractivity contribution in [3.8, 4) is 0 Å². The maximum atomic E-state index is 12.1. The minimum atomic E-state index is -0.0315. The molecule has 2 fully saturated rings. The summed E-state index contributed by atoms with van der Waals surface area (Å²) >= 11 is 0. The first-order valence-corrected chi connectivity index (χ1v) is 17.2. The van der Waals surface area contributed by atoms with Crippen LogP contribution < -0.4 is 0 Å². The van der Waals surface area contributed by atoms with Gasteiger partial charge in [0.05, 0.1) is 26.1 Å². The molecule has 0 amide bonds. The molecule has 2 aliphatic rings. The fourth-order valence-corrected chi connectivity index (χ4v) is 6.22. The summed E-state index contributed by atoms with van der Waals surface area (Å²) in [5, 5.41) is 0. The summed E-state index contributed by atoms with van der Waals surface area (Å²) < 4.78 is 10.9. The average Bonchev–Trinajstić information content (AvgIpc) is 2.90. The molecule has 2 saturated heterocycles. The van der Waals surface area contributed by atoms with Crippen LogP contribution in [0.15, 0.2) is 0 Å². The first-order valence-electron chi connectivity index (χ1n) is 17.2. The molecule has 0 atom stereocenters. The van der Waals surface area contributed by atoms with Gasteiger partial charge in [0.25, 0.3) is 0 Å². The molecule has 6 heteroatoms. The Kier molecular flexibility index (Phi) is 16.9. The van der Waals surface area contributed by atoms with Gasteiger partial charge in [0.2, 0.25) is 0 Å². The van der Waals surface area contributed by atoms with Crippen LogP contribution in [0, 0.1) is 22.7 Å². The molecule has 0 aliphatic carbocycles. The van der Waals surface area contributed by atoms with E-state index in [-0.39, 0.29) is 11.9 Å². The molecule has 2 aliphatic heterocycles. The Hall–Kier alpha value is -1.14. The lowest BCUT2D eigenvalue weighted by molar-refractivity contribution is -0.145. The quantitative estimate of drug-likeness (QED) is 0.122. The highest BCUT2D eigenvalue weighted by Gasteiger charge is 2.22. The summed E-state index contributed by atoms with van der Waals surface area (Å²) in [7, 11) is 0. The van der Waals surface area contributed by atoms with Crippen molar-refractivity contribution < 1.29 is 19.1 Å². The summed E-state index contributed by atoms with van der Waals surface area (Å²) in [6.07, 6.45) is 16.7. The molecule has 0 aromatic rings. The largest absolute Gasteiger partial charge is 0.466 e. The maximum Gasteiger partial charge on any atom is 0.307 e. The van der Waals surface area contributed by atoms with Crippen LogP contribution >= 0.6 is 0 Å². The lowest BCUT2D eigenvalue weighted by atomic mass is 9.87. The van der Waals surface area contributed by atoms with E-state index < -0.39 is 0 Å². The molecule has 0 N–H and O–H groups in total. The normalized spacial score (nSPS) is 18.5. The van der Waals surface area contributed by atoms with E-state index in [0.717, 1.165) is 76.8 Å². The second kappa shape index (κ2) is 19.2. The molecule has 0 bridgehead atoms. The van der Waals surface area contributed by atoms with Crippen molar-refractivity contribution in [2.45, 2.75) is 138 Å². The third-order valence-corrected chi connectivity index (χ3v) is 9.07. The van der Waals surface area contributed by atoms with Crippen molar-refractivity contribution in [1.29, 1.82) is 0 Å². The van der Waals surface area contributed by atoms with Gasteiger partial charge in [-0.25, -0.2) is 0 Å². The molecule has 2 rings (SSSR count). The lowest BCUT2D eigenvalue weighted by Crippen LogP contribution is -2.36. The average molecular weight is 579 g/mol. The zero-order chi connectivity index (χ0) is 30.1. The molecular formula is C35H66N2O4. The predicted molar refractivity (Wildman–Crippen MR) is 170 cm³/mol. The van der Waals surface area contributed by atoms with Gasteiger partial charge in [0.15, 0.2) is 0 Å². The van der Waals surface area contributed by atoms with Gasteiger partial charge in [-0.15, -0.1) is 0 Å². The number of carbonyl (C=O) groups is 2. The number of nitrogens with zero attached hydrogens (tertiary/aromatic N) is 2. The Bertz CT molecular complexity index is 651. The van der Waals surface area contributed by atoms with Gasteiger partial charge in [0.1, 0.15) is 0 Å². The molecular weight excluding hydrogens is 512 g/mol. The highest BCUT2D eigenvalue weighted by atomic mass is 16.5. The summed E-state index contributed by atoms with van der Waals surface area (Å²) in [5.74, 6) is 1.63. The van der Waals surface area contributed by atoms with Crippen molar-refractivity contribution in [2.75, 3.05) is 52.5 Å². The minimum absolute atomic E-state index is 0.0315. The third-order valence-electron chi connectivity index (χ3n) is 9.07. The molecule has 0 unspecified atom stereocenters. The number of hydrogen-bond donors (Lipinski definition) is 0. The third kappa shape index (κ3) is 18.9. The molecule has 0 saturated carbocycles. The van der Waals surface area contributed by atoms with E-state index in [1.54, 1.807) is 0 Å². The first-order chi connectivity index (χ1) is 19.4. The molecule has 0 aromatic carbocycles. The number of rotatable bonds is 18. The zero-order valence-electron chi connectivity index (χ0n) is 27.9. The van der Waals surface area contributed by atoms with Crippen molar-refractivity contribution in [3.05, 3.63) is 0 Å². The Balaban J connectivity index is 1.42. The van der Waals surface area contributed by atoms with Crippen LogP contribution in [-0.4, -0.2) is 74.2 Å². The fourth-order valence-electron chi connectivity index (χ4n) is 6.22. The van der Waals surface area contributed by atoms with Crippen LogP contribution in [0.4, 0.5) is 0 Å². The van der Waals surface area contributed by atoms with E-state index in [1.165, 1.54) is 57.8 Å². The maximum absolute atomic E-state index is 12.1. The number of ether oxygens (including phenoxy) is 2. The summed E-state index contributed by atoms with van der Waals surface area (Å²) in [6, 6.07) is 0. The molecule has 2 heterocycles. The Morgan fingerprint density at radius 2 is 0.951 bits per heavy atom. The van der Waals surface area contributed by atoms with Crippen LogP contribution in [0.1, 0.15) is 138 Å². The fraction of sp³-hybridized carbons (Fsp3) is 0.943. The van der Waals surface area contributed by atoms with Crippen LogP contribution in [0.3, 0.4) is 0 Å². The molecule has 240 valence electrons. The van der Waals surface area contributed by atoms with Crippen LogP contribution in [0.25, 0.3) is 0 Å². The van der Waals surface area contributed by atoms with Crippen LogP contribution in [-0.2, 0) is 19.1 Å². The van der Waals surface area contributed by atoms with Gasteiger partial charge in [-0.3, -0.25) is 9.59 Å². The second-order valence-corrected chi connectivity index (χ2v) is 15.5. The lowest BCUT2D eigenvalue weighted by Gasteiger charge is -2.33. The van der Waals surface area contributed by atoms with E-state index in [1.807, 2.05) is 0 Å². The smallest absolute Gasteiger partial charge is 0.307 e. The van der Waals surface area contributed by atoms with Gasteiger partial charge in [0, 0.05) is 13.1 Å². The van der Waals surface area contributed by atoms with Crippen molar-refractivity contribution in [2.24, 2.45) is 22.7 Å². The van der Waals surface area contributed by atoms with Gasteiger partial charge in [-0.2, -0.15) is 0 Å². The molecule has 0 spiro atoms. The first kappa shape index (κ1) is 36.1. The monoisotopic (exact) mass is 579 g/mol. The summed E-state index contributed by atoms with van der Waals surface area (Å²) in [6.45, 7) is 20.9. The summed E-state index contributed by atoms with van der Waals surface area (Å²) in [5.41, 5.74) is 0.720. The van der Waals surface area contributed by atoms with E-state index in [0.29, 0.717) is 36.9 Å². The predicted octanol–water partition coefficient (Wildman–Crippen LogP) is 7.88. The molecule has 41 heavy (non-hydrogen) atoms. The molecule has 0 radical (unpaired) electrons. The number of piperidine rings is 2. The van der Waals surface area contributed by atoms with Gasteiger partial charge in [-0.05, 0) is 113 Å². The number of esters is 2. The van der Waals surface area contributed by atoms with E-state index in [2.05, 4.69) is 51.3 Å².